The molecule has 1 aromatic rings. The quantitative estimate of drug-likeness (QED) is 0.599. The first-order valence-electron chi connectivity index (χ1n) is 8.94. The molecule has 142 valence electrons. The molecule has 0 saturated carbocycles. The van der Waals surface area contributed by atoms with Gasteiger partial charge in [-0.15, -0.1) is 11.3 Å². The molecule has 0 spiro atoms. The third-order valence-corrected chi connectivity index (χ3v) is 10.5. The zero-order valence-corrected chi connectivity index (χ0v) is 19.0. The Labute approximate surface area is 157 Å². The fourth-order valence-electron chi connectivity index (χ4n) is 2.61. The molecule has 1 unspecified atom stereocenters. The number of carbonyl (C=O) groups is 1. The van der Waals surface area contributed by atoms with Crippen molar-refractivity contribution >= 4 is 25.7 Å². The van der Waals surface area contributed by atoms with Gasteiger partial charge in [-0.05, 0) is 57.5 Å². The summed E-state index contributed by atoms with van der Waals surface area (Å²) in [6, 6.07) is 2.23. The van der Waals surface area contributed by atoms with E-state index in [2.05, 4.69) is 46.9 Å². The minimum Gasteiger partial charge on any atom is -0.444 e. The summed E-state index contributed by atoms with van der Waals surface area (Å²) in [5.41, 5.74) is 0.769. The van der Waals surface area contributed by atoms with Crippen LogP contribution in [0.4, 0.5) is 4.79 Å². The molecule has 0 radical (unpaired) electrons. The van der Waals surface area contributed by atoms with Crippen molar-refractivity contribution in [3.63, 3.8) is 0 Å². The molecule has 2 rings (SSSR count). The van der Waals surface area contributed by atoms with Gasteiger partial charge in [0.1, 0.15) is 5.60 Å². The molecule has 2 heterocycles. The highest BCUT2D eigenvalue weighted by Crippen LogP contribution is 2.43. The smallest absolute Gasteiger partial charge is 0.410 e. The molecule has 0 saturated heterocycles. The molecule has 0 aliphatic carbocycles. The summed E-state index contributed by atoms with van der Waals surface area (Å²) < 4.78 is 12.3. The first-order chi connectivity index (χ1) is 11.2. The van der Waals surface area contributed by atoms with E-state index in [-0.39, 0.29) is 17.2 Å². The monoisotopic (exact) mass is 383 g/mol. The lowest BCUT2D eigenvalue weighted by molar-refractivity contribution is 0.0103. The Hall–Kier alpha value is -0.853. The topological polar surface area (TPSA) is 38.8 Å². The van der Waals surface area contributed by atoms with Crippen LogP contribution in [0.5, 0.6) is 0 Å². The van der Waals surface area contributed by atoms with E-state index in [1.807, 2.05) is 20.8 Å². The Morgan fingerprint density at radius 1 is 1.24 bits per heavy atom. The largest absolute Gasteiger partial charge is 0.444 e. The van der Waals surface area contributed by atoms with Crippen LogP contribution >= 0.6 is 11.3 Å². The second kappa shape index (κ2) is 6.71. The number of carbonyl (C=O) groups excluding carboxylic acids is 1. The molecule has 1 amide bonds. The Kier molecular flexibility index (Phi) is 5.49. The number of hydrogen-bond acceptors (Lipinski definition) is 4. The van der Waals surface area contributed by atoms with Crippen LogP contribution in [0.1, 0.15) is 63.0 Å². The van der Waals surface area contributed by atoms with Gasteiger partial charge >= 0.3 is 6.09 Å². The van der Waals surface area contributed by atoms with Crippen molar-refractivity contribution in [1.29, 1.82) is 0 Å². The molecular weight excluding hydrogens is 350 g/mol. The number of amides is 1. The lowest BCUT2D eigenvalue weighted by Crippen LogP contribution is -2.47. The fraction of sp³-hybridized carbons (Fsp3) is 0.737. The molecule has 6 heteroatoms. The normalized spacial score (nSPS) is 18.9. The summed E-state index contributed by atoms with van der Waals surface area (Å²) in [4.78, 5) is 16.9. The maximum atomic E-state index is 12.6. The predicted molar refractivity (Wildman–Crippen MR) is 107 cm³/mol. The van der Waals surface area contributed by atoms with Crippen molar-refractivity contribution < 1.29 is 14.0 Å². The van der Waals surface area contributed by atoms with Gasteiger partial charge in [0.25, 0.3) is 0 Å². The molecular formula is C19H33NO3SSi. The van der Waals surface area contributed by atoms with E-state index in [4.69, 9.17) is 9.16 Å². The summed E-state index contributed by atoms with van der Waals surface area (Å²) in [6.45, 7) is 20.2. The SMILES string of the molecule is Cc1cc2c(s1)CN(C(=O)OC(C)(C)C)CC2O[Si](C)(C)C(C)(C)C. The highest BCUT2D eigenvalue weighted by molar-refractivity contribution is 7.12. The van der Waals surface area contributed by atoms with E-state index in [0.717, 1.165) is 0 Å². The van der Waals surface area contributed by atoms with Crippen LogP contribution in [0, 0.1) is 6.92 Å². The molecule has 4 nitrogen and oxygen atoms in total. The first-order valence-corrected chi connectivity index (χ1v) is 12.7. The third-order valence-electron chi connectivity index (χ3n) is 4.93. The third kappa shape index (κ3) is 4.86. The summed E-state index contributed by atoms with van der Waals surface area (Å²) in [7, 11) is -1.94. The number of fused-ring (bicyclic) bond motifs is 1. The van der Waals surface area contributed by atoms with Crippen molar-refractivity contribution in [2.24, 2.45) is 0 Å². The lowest BCUT2D eigenvalue weighted by atomic mass is 10.1. The average Bonchev–Trinajstić information content (AvgIpc) is 2.75. The van der Waals surface area contributed by atoms with E-state index in [0.29, 0.717) is 13.1 Å². The van der Waals surface area contributed by atoms with Crippen LogP contribution in [-0.4, -0.2) is 31.5 Å². The molecule has 0 bridgehead atoms. The minimum absolute atomic E-state index is 0.0675. The van der Waals surface area contributed by atoms with Gasteiger partial charge in [-0.25, -0.2) is 4.79 Å². The van der Waals surface area contributed by atoms with Crippen LogP contribution in [0.25, 0.3) is 0 Å². The van der Waals surface area contributed by atoms with Crippen LogP contribution in [0.3, 0.4) is 0 Å². The number of rotatable bonds is 2. The van der Waals surface area contributed by atoms with Gasteiger partial charge in [-0.3, -0.25) is 0 Å². The van der Waals surface area contributed by atoms with Crippen molar-refractivity contribution in [2.75, 3.05) is 6.54 Å². The zero-order chi connectivity index (χ0) is 19.2. The van der Waals surface area contributed by atoms with Crippen molar-refractivity contribution in [3.05, 3.63) is 21.4 Å². The van der Waals surface area contributed by atoms with Gasteiger partial charge < -0.3 is 14.1 Å². The summed E-state index contributed by atoms with van der Waals surface area (Å²) in [5, 5.41) is 0.131. The van der Waals surface area contributed by atoms with Crippen LogP contribution in [-0.2, 0) is 15.7 Å². The Morgan fingerprint density at radius 3 is 2.36 bits per heavy atom. The standard InChI is InChI=1S/C19H33NO3SSi/c1-13-10-14-15(23-25(8,9)19(5,6)7)11-20(12-16(14)24-13)17(21)22-18(2,3)4/h10,15H,11-12H2,1-9H3. The molecule has 0 N–H and O–H groups in total. The number of thiophene rings is 1. The number of nitrogens with zero attached hydrogens (tertiary/aromatic N) is 1. The maximum Gasteiger partial charge on any atom is 0.410 e. The van der Waals surface area contributed by atoms with Crippen molar-refractivity contribution in [2.45, 2.75) is 84.8 Å². The van der Waals surface area contributed by atoms with Crippen LogP contribution in [0.15, 0.2) is 6.07 Å². The average molecular weight is 384 g/mol. The maximum absolute atomic E-state index is 12.6. The Bertz CT molecular complexity index is 640. The molecule has 1 aliphatic heterocycles. The van der Waals surface area contributed by atoms with E-state index < -0.39 is 13.9 Å². The van der Waals surface area contributed by atoms with E-state index >= 15 is 0 Å². The first kappa shape index (κ1) is 20.5. The number of hydrogen-bond donors (Lipinski definition) is 0. The Morgan fingerprint density at radius 2 is 1.84 bits per heavy atom. The second-order valence-corrected chi connectivity index (χ2v) is 15.6. The predicted octanol–water partition coefficient (Wildman–Crippen LogP) is 5.87. The van der Waals surface area contributed by atoms with Gasteiger partial charge in [-0.2, -0.15) is 0 Å². The molecule has 1 atom stereocenters. The minimum atomic E-state index is -1.94. The number of ether oxygens (including phenoxy) is 1. The van der Waals surface area contributed by atoms with Gasteiger partial charge in [-0.1, -0.05) is 20.8 Å². The van der Waals surface area contributed by atoms with E-state index in [1.165, 1.54) is 15.3 Å². The van der Waals surface area contributed by atoms with Gasteiger partial charge in [0.05, 0.1) is 19.2 Å². The molecule has 1 aromatic heterocycles. The molecule has 0 fully saturated rings. The van der Waals surface area contributed by atoms with Crippen LogP contribution in [0.2, 0.25) is 18.1 Å². The second-order valence-electron chi connectivity index (χ2n) is 9.46. The highest BCUT2D eigenvalue weighted by atomic mass is 32.1. The highest BCUT2D eigenvalue weighted by Gasteiger charge is 2.42. The fourth-order valence-corrected chi connectivity index (χ4v) is 4.98. The lowest BCUT2D eigenvalue weighted by Gasteiger charge is -2.42. The van der Waals surface area contributed by atoms with Gasteiger partial charge in [0, 0.05) is 9.75 Å². The van der Waals surface area contributed by atoms with E-state index in [9.17, 15) is 4.79 Å². The summed E-state index contributed by atoms with van der Waals surface area (Å²) >= 11 is 1.75. The summed E-state index contributed by atoms with van der Waals surface area (Å²) in [6.07, 6.45) is -0.324. The molecule has 0 aromatic carbocycles. The van der Waals surface area contributed by atoms with E-state index in [1.54, 1.807) is 16.2 Å². The molecule has 1 aliphatic rings. The molecule has 25 heavy (non-hydrogen) atoms. The van der Waals surface area contributed by atoms with Crippen LogP contribution < -0.4 is 0 Å². The number of aryl methyl sites for hydroxylation is 1. The summed E-state index contributed by atoms with van der Waals surface area (Å²) in [5.74, 6) is 0. The zero-order valence-electron chi connectivity index (χ0n) is 17.1. The Balaban J connectivity index is 2.28. The van der Waals surface area contributed by atoms with Gasteiger partial charge in [0.15, 0.2) is 8.32 Å². The van der Waals surface area contributed by atoms with Gasteiger partial charge in [0.2, 0.25) is 0 Å². The van der Waals surface area contributed by atoms with Crippen molar-refractivity contribution in [3.8, 4) is 0 Å². The van der Waals surface area contributed by atoms with Crippen molar-refractivity contribution in [1.82, 2.24) is 4.90 Å².